The summed E-state index contributed by atoms with van der Waals surface area (Å²) in [4.78, 5) is 11.9. The maximum atomic E-state index is 11.9. The lowest BCUT2D eigenvalue weighted by molar-refractivity contribution is -0.116. The zero-order valence-corrected chi connectivity index (χ0v) is 17.4. The maximum absolute atomic E-state index is 11.9. The molecule has 4 nitrogen and oxygen atoms in total. The average molecular weight is 376 g/mol. The van der Waals surface area contributed by atoms with Crippen LogP contribution in [-0.4, -0.2) is 26.7 Å². The van der Waals surface area contributed by atoms with Gasteiger partial charge in [0.05, 0.1) is 14.2 Å². The van der Waals surface area contributed by atoms with Crippen LogP contribution in [0.5, 0.6) is 11.5 Å². The quantitative estimate of drug-likeness (QED) is 0.313. The van der Waals surface area contributed by atoms with Crippen LogP contribution in [0.1, 0.15) is 76.7 Å². The minimum Gasteiger partial charge on any atom is -0.493 e. The Balaban J connectivity index is 2.11. The van der Waals surface area contributed by atoms with Gasteiger partial charge in [0.1, 0.15) is 0 Å². The van der Waals surface area contributed by atoms with E-state index in [-0.39, 0.29) is 5.91 Å². The molecule has 0 bridgehead atoms. The van der Waals surface area contributed by atoms with Gasteiger partial charge in [0, 0.05) is 12.6 Å². The summed E-state index contributed by atoms with van der Waals surface area (Å²) in [5, 5.41) is 2.95. The van der Waals surface area contributed by atoms with Gasteiger partial charge in [0.2, 0.25) is 5.91 Å². The molecule has 1 aromatic rings. The maximum Gasteiger partial charge on any atom is 0.243 e. The summed E-state index contributed by atoms with van der Waals surface area (Å²) in [5.41, 5.74) is 0.904. The molecule has 1 N–H and O–H groups in total. The minimum absolute atomic E-state index is 0.0549. The van der Waals surface area contributed by atoms with Crippen molar-refractivity contribution in [3.05, 3.63) is 29.8 Å². The average Bonchev–Trinajstić information content (AvgIpc) is 2.70. The number of ether oxygens (including phenoxy) is 2. The van der Waals surface area contributed by atoms with Crippen LogP contribution in [0.2, 0.25) is 0 Å². The molecule has 4 heteroatoms. The molecule has 0 aromatic heterocycles. The zero-order valence-electron chi connectivity index (χ0n) is 17.4. The Labute approximate surface area is 165 Å². The monoisotopic (exact) mass is 375 g/mol. The van der Waals surface area contributed by atoms with Crippen molar-refractivity contribution >= 4 is 12.0 Å². The molecule has 152 valence electrons. The molecule has 0 atom stereocenters. The zero-order chi connectivity index (χ0) is 19.7. The molecule has 1 amide bonds. The van der Waals surface area contributed by atoms with Crippen molar-refractivity contribution in [1.82, 2.24) is 5.32 Å². The van der Waals surface area contributed by atoms with Gasteiger partial charge < -0.3 is 14.8 Å². The van der Waals surface area contributed by atoms with E-state index in [1.54, 1.807) is 26.4 Å². The molecule has 0 radical (unpaired) electrons. The highest BCUT2D eigenvalue weighted by atomic mass is 16.5. The number of carbonyl (C=O) groups excluding carboxylic acids is 1. The van der Waals surface area contributed by atoms with Gasteiger partial charge in [-0.05, 0) is 30.2 Å². The lowest BCUT2D eigenvalue weighted by Crippen LogP contribution is -2.21. The SMILES string of the molecule is CCCCCCCCCCCCNC(=O)/C=C/c1ccc(OC)c(OC)c1. The highest BCUT2D eigenvalue weighted by Gasteiger charge is 2.03. The predicted molar refractivity (Wildman–Crippen MR) is 113 cm³/mol. The summed E-state index contributed by atoms with van der Waals surface area (Å²) >= 11 is 0. The number of methoxy groups -OCH3 is 2. The molecule has 0 aliphatic rings. The van der Waals surface area contributed by atoms with Crippen molar-refractivity contribution < 1.29 is 14.3 Å². The smallest absolute Gasteiger partial charge is 0.243 e. The fraction of sp³-hybridized carbons (Fsp3) is 0.609. The lowest BCUT2D eigenvalue weighted by atomic mass is 10.1. The van der Waals surface area contributed by atoms with Crippen LogP contribution in [0, 0.1) is 0 Å². The highest BCUT2D eigenvalue weighted by molar-refractivity contribution is 5.91. The topological polar surface area (TPSA) is 47.6 Å². The molecule has 0 aliphatic heterocycles. The number of amides is 1. The first-order valence-corrected chi connectivity index (χ1v) is 10.4. The van der Waals surface area contributed by atoms with Crippen molar-refractivity contribution in [2.45, 2.75) is 71.1 Å². The number of hydrogen-bond acceptors (Lipinski definition) is 3. The summed E-state index contributed by atoms with van der Waals surface area (Å²) in [6.45, 7) is 3.00. The summed E-state index contributed by atoms with van der Waals surface area (Å²) < 4.78 is 10.5. The van der Waals surface area contributed by atoms with Crippen LogP contribution < -0.4 is 14.8 Å². The summed E-state index contributed by atoms with van der Waals surface area (Å²) in [7, 11) is 3.21. The van der Waals surface area contributed by atoms with Gasteiger partial charge in [-0.25, -0.2) is 0 Å². The fourth-order valence-corrected chi connectivity index (χ4v) is 3.01. The van der Waals surface area contributed by atoms with Gasteiger partial charge in [-0.3, -0.25) is 4.79 Å². The van der Waals surface area contributed by atoms with Crippen LogP contribution in [0.25, 0.3) is 6.08 Å². The van der Waals surface area contributed by atoms with Crippen molar-refractivity contribution in [3.8, 4) is 11.5 Å². The summed E-state index contributed by atoms with van der Waals surface area (Å²) in [6.07, 6.45) is 16.4. The first-order chi connectivity index (χ1) is 13.2. The van der Waals surface area contributed by atoms with E-state index in [4.69, 9.17) is 9.47 Å². The number of nitrogens with one attached hydrogen (secondary N) is 1. The Hall–Kier alpha value is -1.97. The van der Waals surface area contributed by atoms with Crippen LogP contribution in [-0.2, 0) is 4.79 Å². The van der Waals surface area contributed by atoms with E-state index in [0.29, 0.717) is 11.5 Å². The van der Waals surface area contributed by atoms with Crippen LogP contribution in [0.15, 0.2) is 24.3 Å². The first kappa shape index (κ1) is 23.1. The van der Waals surface area contributed by atoms with Gasteiger partial charge in [-0.1, -0.05) is 70.8 Å². The molecule has 0 aliphatic carbocycles. The molecule has 27 heavy (non-hydrogen) atoms. The Kier molecular flexibility index (Phi) is 12.9. The van der Waals surface area contributed by atoms with Gasteiger partial charge in [-0.15, -0.1) is 0 Å². The summed E-state index contributed by atoms with van der Waals surface area (Å²) in [5.74, 6) is 1.28. The molecule has 0 unspecified atom stereocenters. The molecule has 0 spiro atoms. The van der Waals surface area contributed by atoms with Crippen LogP contribution in [0.4, 0.5) is 0 Å². The molecule has 0 saturated carbocycles. The van der Waals surface area contributed by atoms with E-state index in [2.05, 4.69) is 12.2 Å². The van der Waals surface area contributed by atoms with E-state index < -0.39 is 0 Å². The molecule has 0 heterocycles. The van der Waals surface area contributed by atoms with Crippen LogP contribution in [0.3, 0.4) is 0 Å². The van der Waals surface area contributed by atoms with Gasteiger partial charge in [0.15, 0.2) is 11.5 Å². The largest absolute Gasteiger partial charge is 0.493 e. The van der Waals surface area contributed by atoms with Gasteiger partial charge in [-0.2, -0.15) is 0 Å². The van der Waals surface area contributed by atoms with E-state index >= 15 is 0 Å². The standard InChI is InChI=1S/C23H37NO3/c1-4-5-6-7-8-9-10-11-12-13-18-24-23(25)17-15-20-14-16-21(26-2)22(19-20)27-3/h14-17,19H,4-13,18H2,1-3H3,(H,24,25)/b17-15+. The van der Waals surface area contributed by atoms with Gasteiger partial charge in [0.25, 0.3) is 0 Å². The molecular formula is C23H37NO3. The van der Waals surface area contributed by atoms with Crippen molar-refractivity contribution in [2.75, 3.05) is 20.8 Å². The van der Waals surface area contributed by atoms with Crippen molar-refractivity contribution in [3.63, 3.8) is 0 Å². The fourth-order valence-electron chi connectivity index (χ4n) is 3.01. The lowest BCUT2D eigenvalue weighted by Gasteiger charge is -2.07. The number of benzene rings is 1. The second-order valence-electron chi connectivity index (χ2n) is 6.92. The first-order valence-electron chi connectivity index (χ1n) is 10.4. The Bertz CT molecular complexity index is 555. The number of unbranched alkanes of at least 4 members (excludes halogenated alkanes) is 9. The number of hydrogen-bond donors (Lipinski definition) is 1. The van der Waals surface area contributed by atoms with E-state index in [1.165, 1.54) is 57.8 Å². The molecule has 1 aromatic carbocycles. The third kappa shape index (κ3) is 10.7. The normalized spacial score (nSPS) is 10.9. The van der Waals surface area contributed by atoms with Crippen LogP contribution >= 0.6 is 0 Å². The predicted octanol–water partition coefficient (Wildman–Crippen LogP) is 5.75. The third-order valence-electron chi connectivity index (χ3n) is 4.66. The summed E-state index contributed by atoms with van der Waals surface area (Å²) in [6, 6.07) is 5.58. The van der Waals surface area contributed by atoms with E-state index in [0.717, 1.165) is 18.5 Å². The van der Waals surface area contributed by atoms with Crippen molar-refractivity contribution in [2.24, 2.45) is 0 Å². The molecule has 0 saturated heterocycles. The Morgan fingerprint density at radius 3 is 2.07 bits per heavy atom. The van der Waals surface area contributed by atoms with Crippen molar-refractivity contribution in [1.29, 1.82) is 0 Å². The van der Waals surface area contributed by atoms with E-state index in [9.17, 15) is 4.79 Å². The second-order valence-corrected chi connectivity index (χ2v) is 6.92. The molecular weight excluding hydrogens is 338 g/mol. The second kappa shape index (κ2) is 15.1. The van der Waals surface area contributed by atoms with E-state index in [1.807, 2.05) is 18.2 Å². The Morgan fingerprint density at radius 1 is 0.889 bits per heavy atom. The third-order valence-corrected chi connectivity index (χ3v) is 4.66. The number of rotatable bonds is 15. The minimum atomic E-state index is -0.0549. The number of carbonyl (C=O) groups is 1. The highest BCUT2D eigenvalue weighted by Crippen LogP contribution is 2.27. The molecule has 1 rings (SSSR count). The molecule has 0 fully saturated rings. The van der Waals surface area contributed by atoms with Gasteiger partial charge >= 0.3 is 0 Å². The Morgan fingerprint density at radius 2 is 1.48 bits per heavy atom.